The molecule has 2 heterocycles. The largest absolute Gasteiger partial charge is 0.481 e. The molecule has 2 saturated heterocycles. The Morgan fingerprint density at radius 2 is 1.88 bits per heavy atom. The van der Waals surface area contributed by atoms with Crippen LogP contribution < -0.4 is 0 Å². The highest BCUT2D eigenvalue weighted by atomic mass is 16.5. The Bertz CT molecular complexity index is 606. The molecule has 2 fully saturated rings. The number of likely N-dealkylation sites (tertiary alicyclic amines) is 1. The van der Waals surface area contributed by atoms with Crippen LogP contribution in [0.4, 0.5) is 0 Å². The molecule has 2 aliphatic heterocycles. The van der Waals surface area contributed by atoms with Crippen LogP contribution in [-0.4, -0.2) is 58.4 Å². The molecule has 1 atom stereocenters. The number of aryl methyl sites for hydroxylation is 1. The van der Waals surface area contributed by atoms with Crippen molar-refractivity contribution in [3.05, 3.63) is 35.4 Å². The monoisotopic (exact) mass is 333 g/mol. The predicted molar refractivity (Wildman–Crippen MR) is 86.8 cm³/mol. The zero-order valence-electron chi connectivity index (χ0n) is 13.6. The second-order valence-corrected chi connectivity index (χ2v) is 6.70. The highest BCUT2D eigenvalue weighted by Crippen LogP contribution is 2.38. The first-order chi connectivity index (χ1) is 11.5. The Hall–Kier alpha value is -1.92. The van der Waals surface area contributed by atoms with Crippen LogP contribution in [0.3, 0.4) is 0 Å². The first kappa shape index (κ1) is 16.9. The Labute approximate surface area is 141 Å². The van der Waals surface area contributed by atoms with Crippen LogP contribution in [0.2, 0.25) is 0 Å². The minimum absolute atomic E-state index is 0.0711. The molecular weight excluding hydrogens is 310 g/mol. The zero-order valence-corrected chi connectivity index (χ0v) is 13.6. The van der Waals surface area contributed by atoms with Gasteiger partial charge >= 0.3 is 5.97 Å². The van der Waals surface area contributed by atoms with Crippen LogP contribution in [0.25, 0.3) is 0 Å². The number of aliphatic hydroxyl groups excluding tert-OH is 1. The molecule has 1 aromatic rings. The van der Waals surface area contributed by atoms with E-state index in [1.54, 1.807) is 24.3 Å². The summed E-state index contributed by atoms with van der Waals surface area (Å²) in [7, 11) is 0. The third-order valence-corrected chi connectivity index (χ3v) is 5.08. The quantitative estimate of drug-likeness (QED) is 0.871. The lowest BCUT2D eigenvalue weighted by Gasteiger charge is -2.41. The average molecular weight is 333 g/mol. The summed E-state index contributed by atoms with van der Waals surface area (Å²) in [5, 5.41) is 18.8. The van der Waals surface area contributed by atoms with E-state index in [0.29, 0.717) is 38.2 Å². The van der Waals surface area contributed by atoms with Crippen molar-refractivity contribution in [2.75, 3.05) is 19.8 Å². The number of ether oxygens (including phenoxy) is 1. The highest BCUT2D eigenvalue weighted by Gasteiger charge is 2.48. The van der Waals surface area contributed by atoms with E-state index in [1.807, 2.05) is 4.90 Å². The van der Waals surface area contributed by atoms with Gasteiger partial charge in [0, 0.05) is 31.7 Å². The van der Waals surface area contributed by atoms with Gasteiger partial charge in [-0.3, -0.25) is 9.59 Å². The molecular formula is C18H23NO5. The van der Waals surface area contributed by atoms with Crippen LogP contribution in [0, 0.1) is 0 Å². The average Bonchev–Trinajstić information content (AvgIpc) is 2.89. The van der Waals surface area contributed by atoms with E-state index in [1.165, 1.54) is 0 Å². The van der Waals surface area contributed by atoms with Crippen LogP contribution in [0.5, 0.6) is 0 Å². The van der Waals surface area contributed by atoms with Gasteiger partial charge in [0.15, 0.2) is 0 Å². The normalized spacial score (nSPS) is 22.7. The van der Waals surface area contributed by atoms with Crippen LogP contribution in [0.15, 0.2) is 24.3 Å². The summed E-state index contributed by atoms with van der Waals surface area (Å²) in [6.07, 6.45) is 2.17. The molecule has 3 rings (SSSR count). The third-order valence-electron chi connectivity index (χ3n) is 5.08. The second-order valence-electron chi connectivity index (χ2n) is 6.70. The number of amides is 1. The van der Waals surface area contributed by atoms with E-state index in [9.17, 15) is 14.7 Å². The molecule has 24 heavy (non-hydrogen) atoms. The van der Waals surface area contributed by atoms with Gasteiger partial charge in [-0.1, -0.05) is 12.1 Å². The van der Waals surface area contributed by atoms with Crippen molar-refractivity contribution in [3.8, 4) is 0 Å². The van der Waals surface area contributed by atoms with E-state index in [4.69, 9.17) is 9.84 Å². The summed E-state index contributed by atoms with van der Waals surface area (Å²) < 4.78 is 5.42. The molecule has 1 unspecified atom stereocenters. The molecule has 1 spiro atoms. The second kappa shape index (κ2) is 6.91. The molecule has 0 bridgehead atoms. The maximum atomic E-state index is 12.9. The highest BCUT2D eigenvalue weighted by molar-refractivity contribution is 5.95. The molecule has 2 N–H and O–H groups in total. The number of aliphatic hydroxyl groups is 1. The Morgan fingerprint density at radius 3 is 2.50 bits per heavy atom. The van der Waals surface area contributed by atoms with Gasteiger partial charge in [0.25, 0.3) is 5.91 Å². The Balaban J connectivity index is 1.74. The summed E-state index contributed by atoms with van der Waals surface area (Å²) in [5.41, 5.74) is 1.18. The first-order valence-corrected chi connectivity index (χ1v) is 8.39. The number of rotatable bonds is 4. The standard InChI is InChI=1S/C18H23NO5/c20-15-11-18(7-9-24-10-8-18)19(12-15)17(23)14-4-1-13(2-5-14)3-6-16(21)22/h1-2,4-5,15,20H,3,6-12H2,(H,21,22). The molecule has 0 radical (unpaired) electrons. The number of benzene rings is 1. The number of hydrogen-bond acceptors (Lipinski definition) is 4. The molecule has 1 amide bonds. The first-order valence-electron chi connectivity index (χ1n) is 8.39. The fourth-order valence-electron chi connectivity index (χ4n) is 3.76. The van der Waals surface area contributed by atoms with Gasteiger partial charge in [-0.25, -0.2) is 0 Å². The summed E-state index contributed by atoms with van der Waals surface area (Å²) in [6, 6.07) is 7.10. The van der Waals surface area contributed by atoms with Crippen molar-refractivity contribution in [1.29, 1.82) is 0 Å². The minimum Gasteiger partial charge on any atom is -0.481 e. The number of hydrogen-bond donors (Lipinski definition) is 2. The van der Waals surface area contributed by atoms with Crippen LogP contribution in [-0.2, 0) is 16.0 Å². The van der Waals surface area contributed by atoms with Gasteiger partial charge in [0.2, 0.25) is 0 Å². The van der Waals surface area contributed by atoms with Gasteiger partial charge in [-0.2, -0.15) is 0 Å². The number of carbonyl (C=O) groups excluding carboxylic acids is 1. The topological polar surface area (TPSA) is 87.1 Å². The van der Waals surface area contributed by atoms with Crippen molar-refractivity contribution >= 4 is 11.9 Å². The molecule has 130 valence electrons. The minimum atomic E-state index is -0.831. The molecule has 0 aromatic heterocycles. The number of carboxylic acid groups (broad SMARTS) is 1. The Morgan fingerprint density at radius 1 is 1.21 bits per heavy atom. The van der Waals surface area contributed by atoms with Crippen molar-refractivity contribution < 1.29 is 24.5 Å². The zero-order chi connectivity index (χ0) is 17.2. The molecule has 1 aromatic carbocycles. The summed E-state index contributed by atoms with van der Waals surface area (Å²) in [6.45, 7) is 1.59. The van der Waals surface area contributed by atoms with E-state index in [2.05, 4.69) is 0 Å². The van der Waals surface area contributed by atoms with Crippen molar-refractivity contribution in [3.63, 3.8) is 0 Å². The lowest BCUT2D eigenvalue weighted by molar-refractivity contribution is -0.136. The smallest absolute Gasteiger partial charge is 0.303 e. The molecule has 6 heteroatoms. The van der Waals surface area contributed by atoms with E-state index >= 15 is 0 Å². The fraction of sp³-hybridized carbons (Fsp3) is 0.556. The predicted octanol–water partition coefficient (Wildman–Crippen LogP) is 1.46. The van der Waals surface area contributed by atoms with Gasteiger partial charge in [0.1, 0.15) is 0 Å². The van der Waals surface area contributed by atoms with E-state index < -0.39 is 12.1 Å². The number of β-amino-alcohol motifs (C(OH)–C–C–N with tert-alkyl or cyclic N) is 1. The van der Waals surface area contributed by atoms with Crippen LogP contribution >= 0.6 is 0 Å². The molecule has 2 aliphatic rings. The van der Waals surface area contributed by atoms with E-state index in [0.717, 1.165) is 18.4 Å². The van der Waals surface area contributed by atoms with Crippen molar-refractivity contribution in [2.45, 2.75) is 43.7 Å². The lowest BCUT2D eigenvalue weighted by atomic mass is 9.86. The molecule has 0 saturated carbocycles. The SMILES string of the molecule is O=C(O)CCc1ccc(C(=O)N2CC(O)CC23CCOCC3)cc1. The van der Waals surface area contributed by atoms with E-state index in [-0.39, 0.29) is 17.9 Å². The third kappa shape index (κ3) is 3.44. The van der Waals surface area contributed by atoms with Gasteiger partial charge in [-0.05, 0) is 43.4 Å². The van der Waals surface area contributed by atoms with Crippen LogP contribution in [0.1, 0.15) is 41.6 Å². The summed E-state index contributed by atoms with van der Waals surface area (Å²) >= 11 is 0. The maximum absolute atomic E-state index is 12.9. The molecule has 6 nitrogen and oxygen atoms in total. The van der Waals surface area contributed by atoms with Gasteiger partial charge in [0.05, 0.1) is 11.6 Å². The van der Waals surface area contributed by atoms with Crippen molar-refractivity contribution in [1.82, 2.24) is 4.90 Å². The van der Waals surface area contributed by atoms with Gasteiger partial charge in [-0.15, -0.1) is 0 Å². The lowest BCUT2D eigenvalue weighted by Crippen LogP contribution is -2.50. The van der Waals surface area contributed by atoms with Crippen molar-refractivity contribution in [2.24, 2.45) is 0 Å². The number of carboxylic acids is 1. The summed E-state index contributed by atoms with van der Waals surface area (Å²) in [4.78, 5) is 25.4. The Kier molecular flexibility index (Phi) is 4.87. The number of aliphatic carboxylic acids is 1. The number of nitrogens with zero attached hydrogens (tertiary/aromatic N) is 1. The fourth-order valence-corrected chi connectivity index (χ4v) is 3.76. The van der Waals surface area contributed by atoms with Gasteiger partial charge < -0.3 is 19.8 Å². The summed E-state index contributed by atoms with van der Waals surface area (Å²) in [5.74, 6) is -0.902. The molecule has 0 aliphatic carbocycles. The maximum Gasteiger partial charge on any atom is 0.303 e. The number of carbonyl (C=O) groups is 2.